The SMILES string of the molecule is CN1CCN(c2c(Cl)cccc2NC(=O)c2ccc(Cl)cc2Cl)CC1. The van der Waals surface area contributed by atoms with Crippen LogP contribution in [0.5, 0.6) is 0 Å². The lowest BCUT2D eigenvalue weighted by Crippen LogP contribution is -2.44. The molecule has 1 amide bonds. The molecule has 2 aromatic carbocycles. The summed E-state index contributed by atoms with van der Waals surface area (Å²) >= 11 is 18.5. The Morgan fingerprint density at radius 1 is 1.00 bits per heavy atom. The summed E-state index contributed by atoms with van der Waals surface area (Å²) in [6.45, 7) is 3.60. The van der Waals surface area contributed by atoms with Crippen LogP contribution < -0.4 is 10.2 Å². The van der Waals surface area contributed by atoms with E-state index in [2.05, 4.69) is 22.2 Å². The van der Waals surface area contributed by atoms with Gasteiger partial charge in [0.25, 0.3) is 5.91 Å². The van der Waals surface area contributed by atoms with E-state index < -0.39 is 0 Å². The van der Waals surface area contributed by atoms with Gasteiger partial charge in [-0.3, -0.25) is 4.79 Å². The Hall–Kier alpha value is -1.46. The molecule has 25 heavy (non-hydrogen) atoms. The minimum Gasteiger partial charge on any atom is -0.366 e. The Kier molecular flexibility index (Phi) is 5.74. The van der Waals surface area contributed by atoms with Gasteiger partial charge in [0.2, 0.25) is 0 Å². The molecule has 0 unspecified atom stereocenters. The first-order valence-electron chi connectivity index (χ1n) is 7.94. The summed E-state index contributed by atoms with van der Waals surface area (Å²) in [5.74, 6) is -0.292. The number of likely N-dealkylation sites (N-methyl/N-ethyl adjacent to an activating group) is 1. The van der Waals surface area contributed by atoms with Crippen molar-refractivity contribution in [3.05, 3.63) is 57.0 Å². The Balaban J connectivity index is 1.87. The predicted octanol–water partition coefficient (Wildman–Crippen LogP) is 4.65. The molecule has 0 spiro atoms. The lowest BCUT2D eigenvalue weighted by Gasteiger charge is -2.35. The molecule has 7 heteroatoms. The number of amides is 1. The minimum atomic E-state index is -0.292. The molecule has 2 aromatic rings. The van der Waals surface area contributed by atoms with Crippen LogP contribution in [0.2, 0.25) is 15.1 Å². The average molecular weight is 399 g/mol. The fraction of sp³-hybridized carbons (Fsp3) is 0.278. The minimum absolute atomic E-state index is 0.292. The smallest absolute Gasteiger partial charge is 0.257 e. The number of nitrogens with zero attached hydrogens (tertiary/aromatic N) is 2. The number of halogens is 3. The van der Waals surface area contributed by atoms with Gasteiger partial charge in [-0.2, -0.15) is 0 Å². The van der Waals surface area contributed by atoms with Gasteiger partial charge in [0.05, 0.1) is 27.0 Å². The first-order chi connectivity index (χ1) is 12.0. The topological polar surface area (TPSA) is 35.6 Å². The molecule has 1 aliphatic rings. The van der Waals surface area contributed by atoms with E-state index in [4.69, 9.17) is 34.8 Å². The Morgan fingerprint density at radius 2 is 1.72 bits per heavy atom. The summed E-state index contributed by atoms with van der Waals surface area (Å²) in [6.07, 6.45) is 0. The first kappa shape index (κ1) is 18.3. The molecule has 0 atom stereocenters. The number of rotatable bonds is 3. The highest BCUT2D eigenvalue weighted by Gasteiger charge is 2.21. The second-order valence-corrected chi connectivity index (χ2v) is 7.26. The van der Waals surface area contributed by atoms with Crippen LogP contribution in [-0.2, 0) is 0 Å². The first-order valence-corrected chi connectivity index (χ1v) is 9.07. The van der Waals surface area contributed by atoms with Crippen LogP contribution in [0, 0.1) is 0 Å². The molecule has 1 N–H and O–H groups in total. The van der Waals surface area contributed by atoms with E-state index in [-0.39, 0.29) is 5.91 Å². The molecule has 1 fully saturated rings. The van der Waals surface area contributed by atoms with Crippen molar-refractivity contribution in [2.75, 3.05) is 43.4 Å². The molecule has 0 bridgehead atoms. The van der Waals surface area contributed by atoms with E-state index in [1.54, 1.807) is 18.2 Å². The molecular weight excluding hydrogens is 381 g/mol. The van der Waals surface area contributed by atoms with Gasteiger partial charge < -0.3 is 15.1 Å². The zero-order valence-corrected chi connectivity index (χ0v) is 16.0. The van der Waals surface area contributed by atoms with E-state index >= 15 is 0 Å². The van der Waals surface area contributed by atoms with E-state index in [1.807, 2.05) is 18.2 Å². The van der Waals surface area contributed by atoms with Gasteiger partial charge in [-0.1, -0.05) is 40.9 Å². The maximum atomic E-state index is 12.6. The summed E-state index contributed by atoms with van der Waals surface area (Å²) in [4.78, 5) is 17.1. The van der Waals surface area contributed by atoms with Crippen molar-refractivity contribution >= 4 is 52.1 Å². The number of anilines is 2. The highest BCUT2D eigenvalue weighted by Crippen LogP contribution is 2.35. The highest BCUT2D eigenvalue weighted by molar-refractivity contribution is 6.37. The number of hydrogen-bond donors (Lipinski definition) is 1. The predicted molar refractivity (Wildman–Crippen MR) is 106 cm³/mol. The summed E-state index contributed by atoms with van der Waals surface area (Å²) in [7, 11) is 2.09. The molecule has 132 valence electrons. The fourth-order valence-electron chi connectivity index (χ4n) is 2.83. The Labute approximate surface area is 162 Å². The summed E-state index contributed by atoms with van der Waals surface area (Å²) in [6, 6.07) is 10.3. The van der Waals surface area contributed by atoms with Crippen LogP contribution in [0.25, 0.3) is 0 Å². The van der Waals surface area contributed by atoms with Crippen LogP contribution in [0.4, 0.5) is 11.4 Å². The number of nitrogens with one attached hydrogen (secondary N) is 1. The van der Waals surface area contributed by atoms with Crippen molar-refractivity contribution in [3.63, 3.8) is 0 Å². The van der Waals surface area contributed by atoms with Crippen LogP contribution in [-0.4, -0.2) is 44.0 Å². The van der Waals surface area contributed by atoms with Gasteiger partial charge in [-0.25, -0.2) is 0 Å². The van der Waals surface area contributed by atoms with Crippen molar-refractivity contribution in [3.8, 4) is 0 Å². The number of hydrogen-bond acceptors (Lipinski definition) is 3. The largest absolute Gasteiger partial charge is 0.366 e. The van der Waals surface area contributed by atoms with Crippen molar-refractivity contribution in [2.45, 2.75) is 0 Å². The van der Waals surface area contributed by atoms with Gasteiger partial charge >= 0.3 is 0 Å². The summed E-state index contributed by atoms with van der Waals surface area (Å²) in [5.41, 5.74) is 1.89. The quantitative estimate of drug-likeness (QED) is 0.817. The van der Waals surface area contributed by atoms with E-state index in [0.29, 0.717) is 26.3 Å². The standard InChI is InChI=1S/C18H18Cl3N3O/c1-23-7-9-24(10-8-23)17-14(20)3-2-4-16(17)22-18(25)13-6-5-12(19)11-15(13)21/h2-6,11H,7-10H2,1H3,(H,22,25). The maximum absolute atomic E-state index is 12.6. The third kappa shape index (κ3) is 4.21. The van der Waals surface area contributed by atoms with Crippen molar-refractivity contribution in [2.24, 2.45) is 0 Å². The molecular formula is C18H18Cl3N3O. The van der Waals surface area contributed by atoms with Gasteiger partial charge in [-0.15, -0.1) is 0 Å². The molecule has 0 radical (unpaired) electrons. The third-order valence-electron chi connectivity index (χ3n) is 4.23. The third-order valence-corrected chi connectivity index (χ3v) is 5.08. The van der Waals surface area contributed by atoms with E-state index in [1.165, 1.54) is 0 Å². The highest BCUT2D eigenvalue weighted by atomic mass is 35.5. The summed E-state index contributed by atoms with van der Waals surface area (Å²) < 4.78 is 0. The van der Waals surface area contributed by atoms with Gasteiger partial charge in [0, 0.05) is 31.2 Å². The molecule has 1 heterocycles. The van der Waals surface area contributed by atoms with Gasteiger partial charge in [0.1, 0.15) is 0 Å². The number of carbonyl (C=O) groups is 1. The fourth-order valence-corrected chi connectivity index (χ4v) is 3.62. The second kappa shape index (κ2) is 7.83. The summed E-state index contributed by atoms with van der Waals surface area (Å²) in [5, 5.41) is 4.35. The van der Waals surface area contributed by atoms with E-state index in [9.17, 15) is 4.79 Å². The Morgan fingerprint density at radius 3 is 2.40 bits per heavy atom. The van der Waals surface area contributed by atoms with Crippen molar-refractivity contribution < 1.29 is 4.79 Å². The normalized spacial score (nSPS) is 15.3. The van der Waals surface area contributed by atoms with Gasteiger partial charge in [0.15, 0.2) is 0 Å². The average Bonchev–Trinajstić information content (AvgIpc) is 2.56. The molecule has 0 aromatic heterocycles. The molecule has 1 saturated heterocycles. The van der Waals surface area contributed by atoms with Crippen LogP contribution in [0.15, 0.2) is 36.4 Å². The van der Waals surface area contributed by atoms with Crippen molar-refractivity contribution in [1.29, 1.82) is 0 Å². The van der Waals surface area contributed by atoms with Crippen LogP contribution in [0.1, 0.15) is 10.4 Å². The van der Waals surface area contributed by atoms with Gasteiger partial charge in [-0.05, 0) is 37.4 Å². The molecule has 0 saturated carbocycles. The van der Waals surface area contributed by atoms with Crippen LogP contribution in [0.3, 0.4) is 0 Å². The molecule has 1 aliphatic heterocycles. The lowest BCUT2D eigenvalue weighted by molar-refractivity contribution is 0.102. The lowest BCUT2D eigenvalue weighted by atomic mass is 10.1. The molecule has 4 nitrogen and oxygen atoms in total. The zero-order valence-electron chi connectivity index (χ0n) is 13.7. The maximum Gasteiger partial charge on any atom is 0.257 e. The molecule has 3 rings (SSSR count). The monoisotopic (exact) mass is 397 g/mol. The van der Waals surface area contributed by atoms with Crippen LogP contribution >= 0.6 is 34.8 Å². The zero-order chi connectivity index (χ0) is 18.0. The second-order valence-electron chi connectivity index (χ2n) is 6.00. The Bertz CT molecular complexity index is 789. The number of para-hydroxylation sites is 1. The molecule has 0 aliphatic carbocycles. The number of carbonyl (C=O) groups excluding carboxylic acids is 1. The van der Waals surface area contributed by atoms with Crippen molar-refractivity contribution in [1.82, 2.24) is 4.90 Å². The number of piperazine rings is 1. The number of benzene rings is 2. The van der Waals surface area contributed by atoms with E-state index in [0.717, 1.165) is 31.9 Å².